The average molecular weight is 223 g/mol. The average Bonchev–Trinajstić information content (AvgIpc) is 2.29. The zero-order valence-electron chi connectivity index (χ0n) is 11.3. The number of aliphatic imine (C=N–C) groups is 1. The summed E-state index contributed by atoms with van der Waals surface area (Å²) in [6.45, 7) is 8.60. The fourth-order valence-electron chi connectivity index (χ4n) is 1.35. The number of ketones is 1. The lowest BCUT2D eigenvalue weighted by molar-refractivity contribution is -0.118. The van der Waals surface area contributed by atoms with E-state index in [0.29, 0.717) is 18.6 Å². The molecule has 0 spiro atoms. The molecule has 0 amide bonds. The molecule has 1 aliphatic rings. The summed E-state index contributed by atoms with van der Waals surface area (Å²) in [6, 6.07) is 0. The van der Waals surface area contributed by atoms with Gasteiger partial charge in [0.15, 0.2) is 0 Å². The molecule has 0 saturated heterocycles. The third kappa shape index (κ3) is 5.84. The Balaban J connectivity index is 0.000000385. The molecule has 1 aliphatic carbocycles. The van der Waals surface area contributed by atoms with E-state index in [1.807, 2.05) is 13.0 Å². The van der Waals surface area contributed by atoms with Crippen LogP contribution in [0.5, 0.6) is 0 Å². The largest absolute Gasteiger partial charge is 0.299 e. The SMILES string of the molecule is C/C=C1/CC(=O)CCC1=NC.CCC(C)C. The third-order valence-corrected chi connectivity index (χ3v) is 2.83. The number of carbonyl (C=O) groups excluding carboxylic acids is 1. The molecule has 92 valence electrons. The molecule has 0 aromatic heterocycles. The Bertz CT molecular complexity index is 274. The van der Waals surface area contributed by atoms with Gasteiger partial charge >= 0.3 is 0 Å². The van der Waals surface area contributed by atoms with Gasteiger partial charge in [-0.2, -0.15) is 0 Å². The summed E-state index contributed by atoms with van der Waals surface area (Å²) < 4.78 is 0. The quantitative estimate of drug-likeness (QED) is 0.664. The molecule has 0 unspecified atom stereocenters. The van der Waals surface area contributed by atoms with Gasteiger partial charge in [-0.3, -0.25) is 9.79 Å². The van der Waals surface area contributed by atoms with Gasteiger partial charge in [-0.1, -0.05) is 33.3 Å². The van der Waals surface area contributed by atoms with Gasteiger partial charge in [-0.05, 0) is 24.8 Å². The van der Waals surface area contributed by atoms with Gasteiger partial charge in [0.05, 0.1) is 0 Å². The summed E-state index contributed by atoms with van der Waals surface area (Å²) in [5, 5.41) is 0. The molecule has 0 atom stereocenters. The minimum Gasteiger partial charge on any atom is -0.299 e. The fraction of sp³-hybridized carbons (Fsp3) is 0.714. The second-order valence-electron chi connectivity index (χ2n) is 4.50. The topological polar surface area (TPSA) is 29.4 Å². The number of hydrogen-bond acceptors (Lipinski definition) is 2. The van der Waals surface area contributed by atoms with Gasteiger partial charge in [-0.25, -0.2) is 0 Å². The van der Waals surface area contributed by atoms with E-state index in [1.54, 1.807) is 7.05 Å². The fourth-order valence-corrected chi connectivity index (χ4v) is 1.35. The normalized spacial score (nSPS) is 21.2. The molecule has 1 fully saturated rings. The number of hydrogen-bond donors (Lipinski definition) is 0. The number of rotatable bonds is 1. The highest BCUT2D eigenvalue weighted by Crippen LogP contribution is 2.17. The monoisotopic (exact) mass is 223 g/mol. The van der Waals surface area contributed by atoms with Crippen molar-refractivity contribution in [3.8, 4) is 0 Å². The Morgan fingerprint density at radius 2 is 1.94 bits per heavy atom. The van der Waals surface area contributed by atoms with Crippen LogP contribution in [-0.2, 0) is 4.79 Å². The van der Waals surface area contributed by atoms with Crippen LogP contribution >= 0.6 is 0 Å². The van der Waals surface area contributed by atoms with E-state index in [1.165, 1.54) is 6.42 Å². The van der Waals surface area contributed by atoms with Crippen molar-refractivity contribution in [1.29, 1.82) is 0 Å². The summed E-state index contributed by atoms with van der Waals surface area (Å²) in [7, 11) is 1.79. The second-order valence-corrected chi connectivity index (χ2v) is 4.50. The van der Waals surface area contributed by atoms with E-state index < -0.39 is 0 Å². The van der Waals surface area contributed by atoms with Crippen molar-refractivity contribution in [2.24, 2.45) is 10.9 Å². The van der Waals surface area contributed by atoms with Crippen LogP contribution < -0.4 is 0 Å². The summed E-state index contributed by atoms with van der Waals surface area (Å²) >= 11 is 0. The highest BCUT2D eigenvalue weighted by molar-refractivity contribution is 6.08. The van der Waals surface area contributed by atoms with Gasteiger partial charge in [0.25, 0.3) is 0 Å². The van der Waals surface area contributed by atoms with Crippen LogP contribution in [0.4, 0.5) is 0 Å². The van der Waals surface area contributed by atoms with E-state index in [9.17, 15) is 4.79 Å². The zero-order valence-corrected chi connectivity index (χ0v) is 11.3. The maximum absolute atomic E-state index is 11.0. The molecule has 2 heteroatoms. The standard InChI is InChI=1S/C9H13NO.C5H12/c1-3-7-6-8(11)4-5-9(7)10-2;1-4-5(2)3/h3H,4-6H2,1-2H3;5H,4H2,1-3H3/b7-3-,10-9?;. The summed E-state index contributed by atoms with van der Waals surface area (Å²) in [5.74, 6) is 1.22. The van der Waals surface area contributed by atoms with Crippen LogP contribution in [0.15, 0.2) is 16.6 Å². The number of allylic oxidation sites excluding steroid dienone is 2. The molecule has 0 radical (unpaired) electrons. The van der Waals surface area contributed by atoms with Crippen LogP contribution in [0.3, 0.4) is 0 Å². The zero-order chi connectivity index (χ0) is 12.6. The van der Waals surface area contributed by atoms with E-state index in [4.69, 9.17) is 0 Å². The second kappa shape index (κ2) is 8.26. The van der Waals surface area contributed by atoms with Gasteiger partial charge in [0.1, 0.15) is 5.78 Å². The number of carbonyl (C=O) groups is 1. The lowest BCUT2D eigenvalue weighted by atomic mass is 9.92. The number of nitrogens with zero attached hydrogens (tertiary/aromatic N) is 1. The lowest BCUT2D eigenvalue weighted by Gasteiger charge is -2.14. The van der Waals surface area contributed by atoms with Crippen molar-refractivity contribution in [1.82, 2.24) is 0 Å². The van der Waals surface area contributed by atoms with Gasteiger partial charge in [0.2, 0.25) is 0 Å². The minimum absolute atomic E-state index is 0.338. The van der Waals surface area contributed by atoms with Crippen molar-refractivity contribution in [3.05, 3.63) is 11.6 Å². The Morgan fingerprint density at radius 1 is 1.38 bits per heavy atom. The van der Waals surface area contributed by atoms with Crippen molar-refractivity contribution in [3.63, 3.8) is 0 Å². The van der Waals surface area contributed by atoms with Gasteiger partial charge in [-0.15, -0.1) is 0 Å². The smallest absolute Gasteiger partial charge is 0.137 e. The summed E-state index contributed by atoms with van der Waals surface area (Å²) in [5.41, 5.74) is 2.22. The van der Waals surface area contributed by atoms with Crippen molar-refractivity contribution in [2.45, 2.75) is 53.4 Å². The first-order valence-corrected chi connectivity index (χ1v) is 6.18. The van der Waals surface area contributed by atoms with Crippen LogP contribution in [0.1, 0.15) is 53.4 Å². The van der Waals surface area contributed by atoms with E-state index >= 15 is 0 Å². The van der Waals surface area contributed by atoms with E-state index in [0.717, 1.165) is 23.6 Å². The van der Waals surface area contributed by atoms with Crippen molar-refractivity contribution >= 4 is 11.5 Å². The Morgan fingerprint density at radius 3 is 2.31 bits per heavy atom. The molecular formula is C14H25NO. The molecular weight excluding hydrogens is 198 g/mol. The summed E-state index contributed by atoms with van der Waals surface area (Å²) in [6.07, 6.45) is 5.38. The highest BCUT2D eigenvalue weighted by Gasteiger charge is 2.17. The lowest BCUT2D eigenvalue weighted by Crippen LogP contribution is -2.16. The van der Waals surface area contributed by atoms with Crippen LogP contribution in [0.2, 0.25) is 0 Å². The minimum atomic E-state index is 0.338. The van der Waals surface area contributed by atoms with Crippen LogP contribution in [0, 0.1) is 5.92 Å². The first kappa shape index (κ1) is 15.1. The molecule has 0 bridgehead atoms. The van der Waals surface area contributed by atoms with Gasteiger partial charge < -0.3 is 0 Å². The Labute approximate surface area is 99.9 Å². The summed E-state index contributed by atoms with van der Waals surface area (Å²) in [4.78, 5) is 15.1. The van der Waals surface area contributed by atoms with Gasteiger partial charge in [0, 0.05) is 25.6 Å². The van der Waals surface area contributed by atoms with Crippen molar-refractivity contribution in [2.75, 3.05) is 7.05 Å². The molecule has 1 saturated carbocycles. The predicted octanol–water partition coefficient (Wildman–Crippen LogP) is 3.81. The first-order chi connectivity index (χ1) is 7.54. The van der Waals surface area contributed by atoms with E-state index in [2.05, 4.69) is 25.8 Å². The third-order valence-electron chi connectivity index (χ3n) is 2.83. The molecule has 0 aromatic carbocycles. The van der Waals surface area contributed by atoms with Crippen LogP contribution in [0.25, 0.3) is 0 Å². The molecule has 0 heterocycles. The van der Waals surface area contributed by atoms with Crippen LogP contribution in [-0.4, -0.2) is 18.5 Å². The number of Topliss-reactive ketones (excluding diaryl/α,β-unsaturated/α-hetero) is 1. The molecule has 0 aromatic rings. The maximum Gasteiger partial charge on any atom is 0.137 e. The Kier molecular flexibility index (Phi) is 7.78. The van der Waals surface area contributed by atoms with E-state index in [-0.39, 0.29) is 0 Å². The molecule has 16 heavy (non-hydrogen) atoms. The molecule has 1 rings (SSSR count). The maximum atomic E-state index is 11.0. The Hall–Kier alpha value is -0.920. The molecule has 0 N–H and O–H groups in total. The van der Waals surface area contributed by atoms with Crippen molar-refractivity contribution < 1.29 is 4.79 Å². The first-order valence-electron chi connectivity index (χ1n) is 6.18. The molecule has 2 nitrogen and oxygen atoms in total. The molecule has 0 aliphatic heterocycles. The predicted molar refractivity (Wildman–Crippen MR) is 71.1 cm³/mol. The highest BCUT2D eigenvalue weighted by atomic mass is 16.1.